The first-order chi connectivity index (χ1) is 18.5. The fourth-order valence-electron chi connectivity index (χ4n) is 4.47. The number of fused-ring (bicyclic) bond motifs is 1. The molecular formula is C28H28ClFN8O. The van der Waals surface area contributed by atoms with Crippen LogP contribution in [0.15, 0.2) is 48.8 Å². The normalized spacial score (nSPS) is 15.0. The molecule has 5 rings (SSSR count). The molecule has 1 aliphatic carbocycles. The number of nitrogens with one attached hydrogen (secondary N) is 2. The summed E-state index contributed by atoms with van der Waals surface area (Å²) in [7, 11) is 0. The highest BCUT2D eigenvalue weighted by Crippen LogP contribution is 2.43. The molecule has 11 heteroatoms. The van der Waals surface area contributed by atoms with Gasteiger partial charge in [-0.3, -0.25) is 9.78 Å². The Balaban J connectivity index is 1.61. The van der Waals surface area contributed by atoms with Crippen LogP contribution in [0.4, 0.5) is 15.8 Å². The minimum Gasteiger partial charge on any atom is -0.383 e. The minimum absolute atomic E-state index is 0.0364. The van der Waals surface area contributed by atoms with E-state index in [-0.39, 0.29) is 11.2 Å². The van der Waals surface area contributed by atoms with Gasteiger partial charge in [0.05, 0.1) is 34.7 Å². The smallest absolute Gasteiger partial charge is 0.245 e. The second-order valence-electron chi connectivity index (χ2n) is 11.0. The minimum atomic E-state index is -0.871. The highest BCUT2D eigenvalue weighted by molar-refractivity contribution is 6.32. The number of nitrogens with two attached hydrogens (primary N) is 1. The molecule has 1 aliphatic rings. The molecule has 2 aromatic carbocycles. The van der Waals surface area contributed by atoms with Gasteiger partial charge in [0.15, 0.2) is 0 Å². The number of halogens is 2. The molecule has 200 valence electrons. The predicted molar refractivity (Wildman–Crippen MR) is 148 cm³/mol. The van der Waals surface area contributed by atoms with Crippen molar-refractivity contribution in [3.05, 3.63) is 76.5 Å². The van der Waals surface area contributed by atoms with Crippen molar-refractivity contribution in [2.45, 2.75) is 45.2 Å². The zero-order valence-electron chi connectivity index (χ0n) is 21.8. The lowest BCUT2D eigenvalue weighted by Crippen LogP contribution is -2.34. The van der Waals surface area contributed by atoms with Crippen LogP contribution in [0.3, 0.4) is 0 Å². The Morgan fingerprint density at radius 2 is 2.00 bits per heavy atom. The molecule has 4 N–H and O–H groups in total. The number of aromatic nitrogens is 4. The Morgan fingerprint density at radius 1 is 1.28 bits per heavy atom. The first kappa shape index (κ1) is 26.4. The van der Waals surface area contributed by atoms with Crippen LogP contribution in [0.2, 0.25) is 5.02 Å². The number of amides is 1. The van der Waals surface area contributed by atoms with Crippen molar-refractivity contribution in [3.63, 3.8) is 0 Å². The summed E-state index contributed by atoms with van der Waals surface area (Å²) >= 11 is 6.57. The summed E-state index contributed by atoms with van der Waals surface area (Å²) in [6.45, 7) is 6.92. The van der Waals surface area contributed by atoms with Crippen LogP contribution in [0.1, 0.15) is 56.5 Å². The van der Waals surface area contributed by atoms with Gasteiger partial charge in [-0.2, -0.15) is 5.26 Å². The van der Waals surface area contributed by atoms with Gasteiger partial charge < -0.3 is 16.4 Å². The number of benzene rings is 2. The predicted octanol–water partition coefficient (Wildman–Crippen LogP) is 5.12. The number of rotatable bonds is 8. The van der Waals surface area contributed by atoms with Crippen molar-refractivity contribution in [2.24, 2.45) is 11.1 Å². The summed E-state index contributed by atoms with van der Waals surface area (Å²) in [5, 5.41) is 26.3. The first-order valence-corrected chi connectivity index (χ1v) is 12.9. The van der Waals surface area contributed by atoms with Crippen molar-refractivity contribution in [3.8, 4) is 6.07 Å². The van der Waals surface area contributed by atoms with E-state index in [2.05, 4.69) is 52.8 Å². The van der Waals surface area contributed by atoms with E-state index in [0.717, 1.165) is 0 Å². The average Bonchev–Trinajstić information content (AvgIpc) is 3.56. The topological polar surface area (TPSA) is 135 Å². The van der Waals surface area contributed by atoms with Gasteiger partial charge >= 0.3 is 0 Å². The quantitative estimate of drug-likeness (QED) is 0.279. The number of hydrogen-bond donors (Lipinski definition) is 3. The van der Waals surface area contributed by atoms with Crippen LogP contribution in [0.25, 0.3) is 10.9 Å². The van der Waals surface area contributed by atoms with E-state index < -0.39 is 17.5 Å². The van der Waals surface area contributed by atoms with E-state index in [4.69, 9.17) is 17.3 Å². The maximum Gasteiger partial charge on any atom is 0.245 e. The van der Waals surface area contributed by atoms with Gasteiger partial charge in [0, 0.05) is 23.2 Å². The summed E-state index contributed by atoms with van der Waals surface area (Å²) in [6.07, 6.45) is 4.39. The van der Waals surface area contributed by atoms with E-state index in [1.807, 2.05) is 0 Å². The van der Waals surface area contributed by atoms with Crippen LogP contribution < -0.4 is 16.4 Å². The van der Waals surface area contributed by atoms with Crippen molar-refractivity contribution in [1.82, 2.24) is 20.0 Å². The highest BCUT2D eigenvalue weighted by Gasteiger charge is 2.52. The third-order valence-electron chi connectivity index (χ3n) is 6.78. The Bertz CT molecular complexity index is 1600. The Kier molecular flexibility index (Phi) is 6.64. The number of pyridine rings is 1. The molecule has 1 saturated carbocycles. The number of nitrogens with zero attached hydrogens (tertiary/aromatic N) is 5. The zero-order chi connectivity index (χ0) is 27.9. The molecule has 4 aromatic rings. The third kappa shape index (κ3) is 5.22. The summed E-state index contributed by atoms with van der Waals surface area (Å²) in [5.74, 6) is -0.834. The zero-order valence-corrected chi connectivity index (χ0v) is 22.6. The largest absolute Gasteiger partial charge is 0.383 e. The number of carbonyl (C=O) groups is 1. The van der Waals surface area contributed by atoms with Gasteiger partial charge in [-0.25, -0.2) is 9.07 Å². The number of primary amides is 1. The lowest BCUT2D eigenvalue weighted by molar-refractivity contribution is -0.122. The molecule has 1 atom stereocenters. The fourth-order valence-corrected chi connectivity index (χ4v) is 4.69. The standard InChI is InChI=1S/C28H28ClFN8O/c1-27(2,3)15-34-23-17(12-31)13-33-25-20(23)10-18(29)11-21(25)35-24(16-4-6-19(30)7-5-16)22-14-38(37-36-22)28(8-9-28)26(32)39/h4-7,10-11,13-14,24,35H,8-9,15H2,1-3H3,(H2,32,39)(H,33,34)/t24-/m0/s1. The Labute approximate surface area is 230 Å². The maximum atomic E-state index is 13.8. The molecule has 0 bridgehead atoms. The summed E-state index contributed by atoms with van der Waals surface area (Å²) < 4.78 is 15.3. The van der Waals surface area contributed by atoms with E-state index in [9.17, 15) is 14.4 Å². The molecule has 9 nitrogen and oxygen atoms in total. The first-order valence-electron chi connectivity index (χ1n) is 12.5. The highest BCUT2D eigenvalue weighted by atomic mass is 35.5. The van der Waals surface area contributed by atoms with Gasteiger partial charge in [0.2, 0.25) is 5.91 Å². The summed E-state index contributed by atoms with van der Waals surface area (Å²) in [6, 6.07) is 11.2. The van der Waals surface area contributed by atoms with Crippen LogP contribution in [0, 0.1) is 22.6 Å². The molecule has 1 amide bonds. The molecule has 0 spiro atoms. The molecule has 39 heavy (non-hydrogen) atoms. The second-order valence-corrected chi connectivity index (χ2v) is 11.5. The van der Waals surface area contributed by atoms with E-state index in [1.165, 1.54) is 23.0 Å². The van der Waals surface area contributed by atoms with Crippen molar-refractivity contribution in [2.75, 3.05) is 17.2 Å². The molecule has 0 saturated heterocycles. The van der Waals surface area contributed by atoms with Gasteiger partial charge in [-0.15, -0.1) is 5.10 Å². The second kappa shape index (κ2) is 9.82. The molecule has 1 fully saturated rings. The molecule has 2 heterocycles. The fraction of sp³-hybridized carbons (Fsp3) is 0.321. The SMILES string of the molecule is CC(C)(C)CNc1c(C#N)cnc2c(N[C@@H](c3ccc(F)cc3)c3cn(C4(C(N)=O)CC4)nn3)cc(Cl)cc12. The Hall–Kier alpha value is -4.23. The number of carbonyl (C=O) groups excluding carboxylic acids is 1. The van der Waals surface area contributed by atoms with Crippen molar-refractivity contribution in [1.29, 1.82) is 5.26 Å². The number of nitriles is 1. The van der Waals surface area contributed by atoms with E-state index >= 15 is 0 Å². The van der Waals surface area contributed by atoms with Gasteiger partial charge in [0.1, 0.15) is 23.1 Å². The number of anilines is 2. The van der Waals surface area contributed by atoms with Crippen LogP contribution in [0.5, 0.6) is 0 Å². The van der Waals surface area contributed by atoms with Gasteiger partial charge in [-0.1, -0.05) is 49.7 Å². The average molecular weight is 547 g/mol. The van der Waals surface area contributed by atoms with E-state index in [1.54, 1.807) is 30.5 Å². The molecule has 0 radical (unpaired) electrons. The van der Waals surface area contributed by atoms with Gasteiger partial charge in [0.25, 0.3) is 0 Å². The molecular weight excluding hydrogens is 519 g/mol. The van der Waals surface area contributed by atoms with Crippen LogP contribution in [-0.2, 0) is 10.3 Å². The Morgan fingerprint density at radius 3 is 2.62 bits per heavy atom. The molecule has 2 aromatic heterocycles. The molecule has 0 aliphatic heterocycles. The van der Waals surface area contributed by atoms with Crippen molar-refractivity contribution >= 4 is 39.8 Å². The summed E-state index contributed by atoms with van der Waals surface area (Å²) in [5.41, 5.74) is 8.15. The lowest BCUT2D eigenvalue weighted by atomic mass is 9.96. The maximum absolute atomic E-state index is 13.8. The van der Waals surface area contributed by atoms with Crippen molar-refractivity contribution < 1.29 is 9.18 Å². The third-order valence-corrected chi connectivity index (χ3v) is 7.00. The van der Waals surface area contributed by atoms with Crippen LogP contribution in [-0.4, -0.2) is 32.4 Å². The van der Waals surface area contributed by atoms with Crippen LogP contribution >= 0.6 is 11.6 Å². The summed E-state index contributed by atoms with van der Waals surface area (Å²) in [4.78, 5) is 16.7. The number of hydrogen-bond acceptors (Lipinski definition) is 7. The lowest BCUT2D eigenvalue weighted by Gasteiger charge is -2.23. The van der Waals surface area contributed by atoms with Gasteiger partial charge in [-0.05, 0) is 48.1 Å². The molecule has 0 unspecified atom stereocenters. The van der Waals surface area contributed by atoms with E-state index in [0.29, 0.717) is 63.5 Å². The monoisotopic (exact) mass is 546 g/mol.